The van der Waals surface area contributed by atoms with Crippen LogP contribution in [0.15, 0.2) is 12.4 Å². The molecule has 3 rings (SSSR count). The molecule has 0 amide bonds. The zero-order valence-corrected chi connectivity index (χ0v) is 8.82. The van der Waals surface area contributed by atoms with Crippen molar-refractivity contribution in [1.29, 1.82) is 0 Å². The second-order valence-corrected chi connectivity index (χ2v) is 5.06. The summed E-state index contributed by atoms with van der Waals surface area (Å²) in [7, 11) is 0. The van der Waals surface area contributed by atoms with E-state index in [1.54, 1.807) is 0 Å². The van der Waals surface area contributed by atoms with Crippen molar-refractivity contribution in [3.63, 3.8) is 0 Å². The van der Waals surface area contributed by atoms with Crippen molar-refractivity contribution in [1.82, 2.24) is 9.55 Å². The van der Waals surface area contributed by atoms with Gasteiger partial charge in [0.2, 0.25) is 0 Å². The van der Waals surface area contributed by atoms with Gasteiger partial charge in [-0.2, -0.15) is 0 Å². The molecule has 2 aliphatic carbocycles. The van der Waals surface area contributed by atoms with E-state index in [0.717, 1.165) is 17.8 Å². The van der Waals surface area contributed by atoms with Gasteiger partial charge in [-0.05, 0) is 43.9 Å². The lowest BCUT2D eigenvalue weighted by Gasteiger charge is -2.22. The summed E-state index contributed by atoms with van der Waals surface area (Å²) in [4.78, 5) is 4.28. The molecular weight excluding hydrogens is 172 g/mol. The van der Waals surface area contributed by atoms with Gasteiger partial charge in [0.1, 0.15) is 5.82 Å². The molecule has 0 aromatic carbocycles. The van der Waals surface area contributed by atoms with Gasteiger partial charge in [0.25, 0.3) is 0 Å². The van der Waals surface area contributed by atoms with Crippen molar-refractivity contribution in [2.75, 3.05) is 0 Å². The van der Waals surface area contributed by atoms with Crippen LogP contribution < -0.4 is 0 Å². The van der Waals surface area contributed by atoms with Gasteiger partial charge in [0.05, 0.1) is 0 Å². The SMILES string of the molecule is Cc1nccn1CC1CC2CCC1C2. The van der Waals surface area contributed by atoms with Crippen molar-refractivity contribution in [2.45, 2.75) is 39.2 Å². The van der Waals surface area contributed by atoms with Gasteiger partial charge >= 0.3 is 0 Å². The fraction of sp³-hybridized carbons (Fsp3) is 0.750. The van der Waals surface area contributed by atoms with E-state index in [0.29, 0.717) is 0 Å². The Labute approximate surface area is 85.3 Å². The lowest BCUT2D eigenvalue weighted by molar-refractivity contribution is 0.294. The van der Waals surface area contributed by atoms with E-state index in [-0.39, 0.29) is 0 Å². The monoisotopic (exact) mass is 190 g/mol. The van der Waals surface area contributed by atoms with Crippen molar-refractivity contribution in [3.8, 4) is 0 Å². The Kier molecular flexibility index (Phi) is 1.89. The largest absolute Gasteiger partial charge is 0.335 e. The average Bonchev–Trinajstić information content (AvgIpc) is 2.83. The smallest absolute Gasteiger partial charge is 0.105 e. The van der Waals surface area contributed by atoms with Gasteiger partial charge in [0.15, 0.2) is 0 Å². The lowest BCUT2D eigenvalue weighted by atomic mass is 9.89. The van der Waals surface area contributed by atoms with E-state index in [2.05, 4.69) is 22.7 Å². The van der Waals surface area contributed by atoms with Crippen molar-refractivity contribution in [2.24, 2.45) is 17.8 Å². The van der Waals surface area contributed by atoms with Crippen molar-refractivity contribution < 1.29 is 0 Å². The van der Waals surface area contributed by atoms with Gasteiger partial charge in [-0.25, -0.2) is 4.98 Å². The predicted molar refractivity (Wildman–Crippen MR) is 55.9 cm³/mol. The topological polar surface area (TPSA) is 17.8 Å². The number of rotatable bonds is 2. The molecule has 3 unspecified atom stereocenters. The number of aryl methyl sites for hydroxylation is 1. The second kappa shape index (κ2) is 3.11. The maximum Gasteiger partial charge on any atom is 0.105 e. The summed E-state index contributed by atoms with van der Waals surface area (Å²) >= 11 is 0. The Balaban J connectivity index is 1.71. The molecule has 2 saturated carbocycles. The Hall–Kier alpha value is -0.790. The number of fused-ring (bicyclic) bond motifs is 2. The van der Waals surface area contributed by atoms with Crippen molar-refractivity contribution >= 4 is 0 Å². The number of imidazole rings is 1. The highest BCUT2D eigenvalue weighted by atomic mass is 15.1. The van der Waals surface area contributed by atoms with Crippen LogP contribution in [0, 0.1) is 24.7 Å². The van der Waals surface area contributed by atoms with E-state index in [4.69, 9.17) is 0 Å². The van der Waals surface area contributed by atoms with Crippen LogP contribution in [0.25, 0.3) is 0 Å². The first kappa shape index (κ1) is 8.51. The van der Waals surface area contributed by atoms with E-state index >= 15 is 0 Å². The molecule has 76 valence electrons. The molecule has 3 atom stereocenters. The quantitative estimate of drug-likeness (QED) is 0.701. The molecule has 1 aromatic heterocycles. The Morgan fingerprint density at radius 2 is 2.36 bits per heavy atom. The molecule has 2 aliphatic rings. The second-order valence-electron chi connectivity index (χ2n) is 5.06. The van der Waals surface area contributed by atoms with E-state index < -0.39 is 0 Å². The fourth-order valence-electron chi connectivity index (χ4n) is 3.45. The van der Waals surface area contributed by atoms with E-state index in [1.807, 2.05) is 6.20 Å². The molecule has 2 fully saturated rings. The summed E-state index contributed by atoms with van der Waals surface area (Å²) in [6.07, 6.45) is 10.0. The first-order chi connectivity index (χ1) is 6.83. The van der Waals surface area contributed by atoms with E-state index in [1.165, 1.54) is 38.1 Å². The molecule has 1 heterocycles. The van der Waals surface area contributed by atoms with E-state index in [9.17, 15) is 0 Å². The summed E-state index contributed by atoms with van der Waals surface area (Å²) in [6, 6.07) is 0. The summed E-state index contributed by atoms with van der Waals surface area (Å²) in [5.74, 6) is 4.21. The molecule has 14 heavy (non-hydrogen) atoms. The average molecular weight is 190 g/mol. The molecule has 0 aliphatic heterocycles. The van der Waals surface area contributed by atoms with Crippen LogP contribution in [-0.2, 0) is 6.54 Å². The highest BCUT2D eigenvalue weighted by molar-refractivity contribution is 4.94. The Morgan fingerprint density at radius 1 is 1.43 bits per heavy atom. The fourth-order valence-corrected chi connectivity index (χ4v) is 3.45. The first-order valence-electron chi connectivity index (χ1n) is 5.80. The van der Waals surface area contributed by atoms with Crippen LogP contribution in [0.1, 0.15) is 31.5 Å². The van der Waals surface area contributed by atoms with Gasteiger partial charge in [-0.3, -0.25) is 0 Å². The van der Waals surface area contributed by atoms with Gasteiger partial charge in [-0.1, -0.05) is 6.42 Å². The summed E-state index contributed by atoms with van der Waals surface area (Å²) in [5, 5.41) is 0. The minimum atomic E-state index is 0.946. The van der Waals surface area contributed by atoms with Crippen LogP contribution in [-0.4, -0.2) is 9.55 Å². The molecule has 0 radical (unpaired) electrons. The number of nitrogens with zero attached hydrogens (tertiary/aromatic N) is 2. The Morgan fingerprint density at radius 3 is 2.93 bits per heavy atom. The zero-order chi connectivity index (χ0) is 9.54. The minimum Gasteiger partial charge on any atom is -0.335 e. The molecule has 0 saturated heterocycles. The Bertz CT molecular complexity index is 329. The lowest BCUT2D eigenvalue weighted by Crippen LogP contribution is -2.17. The third-order valence-corrected chi connectivity index (χ3v) is 4.24. The first-order valence-corrected chi connectivity index (χ1v) is 5.80. The molecule has 0 N–H and O–H groups in total. The van der Waals surface area contributed by atoms with Crippen LogP contribution in [0.2, 0.25) is 0 Å². The highest BCUT2D eigenvalue weighted by Gasteiger charge is 2.39. The zero-order valence-electron chi connectivity index (χ0n) is 8.82. The molecule has 1 aromatic rings. The molecular formula is C12H18N2. The maximum atomic E-state index is 4.28. The van der Waals surface area contributed by atoms with Crippen LogP contribution in [0.4, 0.5) is 0 Å². The predicted octanol–water partition coefficient (Wildman–Crippen LogP) is 2.63. The summed E-state index contributed by atoms with van der Waals surface area (Å²) < 4.78 is 2.32. The highest BCUT2D eigenvalue weighted by Crippen LogP contribution is 2.48. The van der Waals surface area contributed by atoms with Crippen LogP contribution in [0.5, 0.6) is 0 Å². The summed E-state index contributed by atoms with van der Waals surface area (Å²) in [5.41, 5.74) is 0. The number of hydrogen-bond donors (Lipinski definition) is 0. The van der Waals surface area contributed by atoms with Gasteiger partial charge in [0, 0.05) is 18.9 Å². The molecule has 2 heteroatoms. The number of hydrogen-bond acceptors (Lipinski definition) is 1. The molecule has 2 bridgehead atoms. The third-order valence-electron chi connectivity index (χ3n) is 4.24. The van der Waals surface area contributed by atoms with Crippen molar-refractivity contribution in [3.05, 3.63) is 18.2 Å². The normalized spacial score (nSPS) is 35.4. The maximum absolute atomic E-state index is 4.28. The minimum absolute atomic E-state index is 0.946. The molecule has 0 spiro atoms. The van der Waals surface area contributed by atoms with Crippen LogP contribution >= 0.6 is 0 Å². The number of aromatic nitrogens is 2. The van der Waals surface area contributed by atoms with Gasteiger partial charge in [-0.15, -0.1) is 0 Å². The third kappa shape index (κ3) is 1.28. The van der Waals surface area contributed by atoms with Gasteiger partial charge < -0.3 is 4.57 Å². The van der Waals surface area contributed by atoms with Crippen LogP contribution in [0.3, 0.4) is 0 Å². The summed E-state index contributed by atoms with van der Waals surface area (Å²) in [6.45, 7) is 3.32. The molecule has 2 nitrogen and oxygen atoms in total. The standard InChI is InChI=1S/C12H18N2/c1-9-13-4-5-14(9)8-12-7-10-2-3-11(12)6-10/h4-5,10-12H,2-3,6-8H2,1H3.